The molecule has 0 saturated carbocycles. The first-order valence-electron chi connectivity index (χ1n) is 5.56. The first kappa shape index (κ1) is 16.9. The van der Waals surface area contributed by atoms with E-state index >= 15 is 0 Å². The number of hydrogen-bond acceptors (Lipinski definition) is 4. The van der Waals surface area contributed by atoms with Crippen LogP contribution < -0.4 is 9.84 Å². The van der Waals surface area contributed by atoms with Crippen LogP contribution in [0.15, 0.2) is 36.4 Å². The minimum absolute atomic E-state index is 0.0185. The highest BCUT2D eigenvalue weighted by Crippen LogP contribution is 2.30. The van der Waals surface area contributed by atoms with E-state index in [9.17, 15) is 14.7 Å². The Bertz CT molecular complexity index is 688. The molecule has 0 aliphatic rings. The molecule has 0 N–H and O–H groups in total. The van der Waals surface area contributed by atoms with Crippen LogP contribution in [0.5, 0.6) is 5.75 Å². The van der Waals surface area contributed by atoms with Crippen molar-refractivity contribution in [3.05, 3.63) is 58.2 Å². The van der Waals surface area contributed by atoms with Gasteiger partial charge in [0.1, 0.15) is 0 Å². The lowest BCUT2D eigenvalue weighted by Crippen LogP contribution is -2.22. The Kier molecular flexibility index (Phi) is 5.82. The summed E-state index contributed by atoms with van der Waals surface area (Å²) >= 11 is 6.40. The number of benzene rings is 2. The van der Waals surface area contributed by atoms with Gasteiger partial charge >= 0.3 is 5.97 Å². The van der Waals surface area contributed by atoms with E-state index in [2.05, 4.69) is 67.8 Å². The summed E-state index contributed by atoms with van der Waals surface area (Å²) in [5, 5.41) is 10.7. The third kappa shape index (κ3) is 4.28. The predicted octanol–water partition coefficient (Wildman–Crippen LogP) is 3.08. The van der Waals surface area contributed by atoms with E-state index in [1.54, 1.807) is 0 Å². The van der Waals surface area contributed by atoms with Crippen LogP contribution in [-0.4, -0.2) is 11.9 Å². The lowest BCUT2D eigenvalue weighted by atomic mass is 10.1. The number of rotatable bonds is 3. The van der Waals surface area contributed by atoms with Crippen LogP contribution >= 0.6 is 67.8 Å². The predicted molar refractivity (Wildman–Crippen MR) is 100 cm³/mol. The molecule has 0 atom stereocenters. The molecule has 108 valence electrons. The number of hydrogen-bond donors (Lipinski definition) is 0. The maximum absolute atomic E-state index is 12.1. The number of carboxylic acids is 1. The van der Waals surface area contributed by atoms with Gasteiger partial charge in [0, 0.05) is 3.57 Å². The van der Waals surface area contributed by atoms with Gasteiger partial charge in [0.25, 0.3) is 0 Å². The average molecular weight is 619 g/mol. The fourth-order valence-corrected chi connectivity index (χ4v) is 5.32. The second-order valence-electron chi connectivity index (χ2n) is 3.95. The smallest absolute Gasteiger partial charge is 0.343 e. The number of halogens is 3. The minimum Gasteiger partial charge on any atom is -0.545 e. The molecule has 0 amide bonds. The van der Waals surface area contributed by atoms with Crippen LogP contribution in [0.1, 0.15) is 20.7 Å². The maximum atomic E-state index is 12.1. The van der Waals surface area contributed by atoms with Gasteiger partial charge in [-0.15, -0.1) is 0 Å². The lowest BCUT2D eigenvalue weighted by molar-refractivity contribution is -0.255. The summed E-state index contributed by atoms with van der Waals surface area (Å²) < 4.78 is 8.13. The molecule has 0 spiro atoms. The normalized spacial score (nSPS) is 10.2. The van der Waals surface area contributed by atoms with Crippen molar-refractivity contribution in [1.82, 2.24) is 0 Å². The highest BCUT2D eigenvalue weighted by atomic mass is 127. The van der Waals surface area contributed by atoms with E-state index in [0.717, 1.165) is 10.7 Å². The molecule has 0 fully saturated rings. The van der Waals surface area contributed by atoms with Gasteiger partial charge in [-0.25, -0.2) is 4.79 Å². The standard InChI is InChI=1S/C14H7I3O4/c15-9-5-10(16)12(11(17)6-9)21-14(20)8-3-1-7(2-4-8)13(18)19/h1-6H,(H,18,19)/p-1. The zero-order valence-corrected chi connectivity index (χ0v) is 16.7. The fraction of sp³-hybridized carbons (Fsp3) is 0. The van der Waals surface area contributed by atoms with Crippen molar-refractivity contribution >= 4 is 79.7 Å². The van der Waals surface area contributed by atoms with Crippen LogP contribution in [0.3, 0.4) is 0 Å². The van der Waals surface area contributed by atoms with Gasteiger partial charge in [-0.1, -0.05) is 12.1 Å². The van der Waals surface area contributed by atoms with E-state index in [-0.39, 0.29) is 11.1 Å². The van der Waals surface area contributed by atoms with Crippen molar-refractivity contribution in [2.75, 3.05) is 0 Å². The molecule has 0 unspecified atom stereocenters. The zero-order valence-electron chi connectivity index (χ0n) is 10.2. The summed E-state index contributed by atoms with van der Waals surface area (Å²) in [6.45, 7) is 0. The number of carboxylic acid groups (broad SMARTS) is 1. The molecule has 7 heteroatoms. The molecule has 0 aliphatic carbocycles. The topological polar surface area (TPSA) is 66.4 Å². The van der Waals surface area contributed by atoms with Gasteiger partial charge in [0.05, 0.1) is 18.7 Å². The Morgan fingerprint density at radius 2 is 1.38 bits per heavy atom. The first-order valence-corrected chi connectivity index (χ1v) is 8.80. The summed E-state index contributed by atoms with van der Waals surface area (Å²) in [5.41, 5.74) is 0.301. The van der Waals surface area contributed by atoms with E-state index in [0.29, 0.717) is 5.75 Å². The highest BCUT2D eigenvalue weighted by molar-refractivity contribution is 14.1. The van der Waals surface area contributed by atoms with E-state index < -0.39 is 11.9 Å². The van der Waals surface area contributed by atoms with E-state index in [1.165, 1.54) is 24.3 Å². The van der Waals surface area contributed by atoms with Crippen LogP contribution in [0.2, 0.25) is 0 Å². The Morgan fingerprint density at radius 1 is 0.905 bits per heavy atom. The number of esters is 1. The molecule has 2 aromatic carbocycles. The van der Waals surface area contributed by atoms with Crippen LogP contribution in [0.25, 0.3) is 0 Å². The summed E-state index contributed by atoms with van der Waals surface area (Å²) in [6, 6.07) is 9.25. The summed E-state index contributed by atoms with van der Waals surface area (Å²) in [4.78, 5) is 22.8. The first-order chi connectivity index (χ1) is 9.88. The van der Waals surface area contributed by atoms with Crippen molar-refractivity contribution in [3.8, 4) is 5.75 Å². The van der Waals surface area contributed by atoms with Crippen molar-refractivity contribution in [3.63, 3.8) is 0 Å². The maximum Gasteiger partial charge on any atom is 0.343 e. The molecule has 21 heavy (non-hydrogen) atoms. The Hall–Kier alpha value is -0.430. The number of carbonyl (C=O) groups excluding carboxylic acids is 2. The van der Waals surface area contributed by atoms with Crippen molar-refractivity contribution in [2.45, 2.75) is 0 Å². The van der Waals surface area contributed by atoms with Gasteiger partial charge in [0.2, 0.25) is 0 Å². The molecular weight excluding hydrogens is 613 g/mol. The van der Waals surface area contributed by atoms with Gasteiger partial charge in [-0.3, -0.25) is 0 Å². The van der Waals surface area contributed by atoms with Gasteiger partial charge in [0.15, 0.2) is 5.75 Å². The molecule has 0 aliphatic heterocycles. The quantitative estimate of drug-likeness (QED) is 0.302. The molecule has 2 rings (SSSR count). The molecule has 0 radical (unpaired) electrons. The monoisotopic (exact) mass is 619 g/mol. The van der Waals surface area contributed by atoms with Crippen molar-refractivity contribution in [2.24, 2.45) is 0 Å². The summed E-state index contributed by atoms with van der Waals surface area (Å²) in [5.74, 6) is -1.31. The molecular formula is C14H6I3O4-. The Morgan fingerprint density at radius 3 is 1.86 bits per heavy atom. The van der Waals surface area contributed by atoms with Gasteiger partial charge < -0.3 is 14.6 Å². The lowest BCUT2D eigenvalue weighted by Gasteiger charge is -2.10. The SMILES string of the molecule is O=C([O-])c1ccc(C(=O)Oc2c(I)cc(I)cc2I)cc1. The fourth-order valence-electron chi connectivity index (χ4n) is 1.52. The van der Waals surface area contributed by atoms with Crippen LogP contribution in [0, 0.1) is 10.7 Å². The van der Waals surface area contributed by atoms with Crippen molar-refractivity contribution in [1.29, 1.82) is 0 Å². The number of aromatic carboxylic acids is 1. The van der Waals surface area contributed by atoms with Crippen LogP contribution in [-0.2, 0) is 0 Å². The Labute approximate surface area is 161 Å². The van der Waals surface area contributed by atoms with E-state index in [1.807, 2.05) is 12.1 Å². The molecule has 0 aromatic heterocycles. The molecule has 0 saturated heterocycles. The molecule has 0 bridgehead atoms. The third-order valence-corrected chi connectivity index (χ3v) is 4.74. The Balaban J connectivity index is 2.24. The second-order valence-corrected chi connectivity index (χ2v) is 7.52. The minimum atomic E-state index is -1.28. The summed E-state index contributed by atoms with van der Waals surface area (Å²) in [6.07, 6.45) is 0. The van der Waals surface area contributed by atoms with Gasteiger partial charge in [-0.05, 0) is 97.6 Å². The zero-order chi connectivity index (χ0) is 15.6. The average Bonchev–Trinajstić information content (AvgIpc) is 2.42. The highest BCUT2D eigenvalue weighted by Gasteiger charge is 2.14. The summed E-state index contributed by atoms with van der Waals surface area (Å²) in [7, 11) is 0. The molecule has 2 aromatic rings. The molecule has 0 heterocycles. The van der Waals surface area contributed by atoms with Crippen molar-refractivity contribution < 1.29 is 19.4 Å². The number of ether oxygens (including phenoxy) is 1. The second kappa shape index (κ2) is 7.22. The largest absolute Gasteiger partial charge is 0.545 e. The van der Waals surface area contributed by atoms with Gasteiger partial charge in [-0.2, -0.15) is 0 Å². The third-order valence-electron chi connectivity index (χ3n) is 2.51. The van der Waals surface area contributed by atoms with Crippen LogP contribution in [0.4, 0.5) is 0 Å². The number of carbonyl (C=O) groups is 2. The molecule has 4 nitrogen and oxygen atoms in total. The van der Waals surface area contributed by atoms with E-state index in [4.69, 9.17) is 4.74 Å².